The van der Waals surface area contributed by atoms with Crippen molar-refractivity contribution in [2.24, 2.45) is 0 Å². The van der Waals surface area contributed by atoms with Crippen molar-refractivity contribution < 1.29 is 4.79 Å². The molecule has 1 fully saturated rings. The lowest BCUT2D eigenvalue weighted by atomic mass is 10.0. The van der Waals surface area contributed by atoms with Crippen LogP contribution in [0.5, 0.6) is 0 Å². The number of rotatable bonds is 2. The Morgan fingerprint density at radius 2 is 1.95 bits per heavy atom. The van der Waals surface area contributed by atoms with Gasteiger partial charge >= 0.3 is 0 Å². The molecule has 2 aromatic carbocycles. The van der Waals surface area contributed by atoms with Crippen LogP contribution in [0.25, 0.3) is 10.8 Å². The van der Waals surface area contributed by atoms with Crippen LogP contribution >= 0.6 is 0 Å². The van der Waals surface area contributed by atoms with Crippen molar-refractivity contribution in [1.29, 1.82) is 0 Å². The Labute approximate surface area is 113 Å². The third-order valence-electron chi connectivity index (χ3n) is 3.72. The lowest BCUT2D eigenvalue weighted by Gasteiger charge is -2.30. The average molecular weight is 254 g/mol. The first-order valence-electron chi connectivity index (χ1n) is 6.75. The average Bonchev–Trinajstić information content (AvgIpc) is 2.47. The summed E-state index contributed by atoms with van der Waals surface area (Å²) in [6.45, 7) is 5.69. The van der Waals surface area contributed by atoms with Crippen LogP contribution in [-0.2, 0) is 0 Å². The summed E-state index contributed by atoms with van der Waals surface area (Å²) in [6.07, 6.45) is 0. The van der Waals surface area contributed by atoms with Crippen molar-refractivity contribution in [1.82, 2.24) is 5.32 Å². The van der Waals surface area contributed by atoms with Gasteiger partial charge < -0.3 is 10.2 Å². The molecule has 0 amide bonds. The highest BCUT2D eigenvalue weighted by Gasteiger charge is 2.13. The van der Waals surface area contributed by atoms with Gasteiger partial charge in [-0.2, -0.15) is 0 Å². The van der Waals surface area contributed by atoms with Crippen LogP contribution in [0.3, 0.4) is 0 Å². The summed E-state index contributed by atoms with van der Waals surface area (Å²) in [6, 6.07) is 12.3. The molecule has 0 aromatic heterocycles. The van der Waals surface area contributed by atoms with E-state index in [4.69, 9.17) is 0 Å². The van der Waals surface area contributed by atoms with Gasteiger partial charge in [-0.3, -0.25) is 4.79 Å². The van der Waals surface area contributed by atoms with Crippen molar-refractivity contribution in [3.8, 4) is 0 Å². The second-order valence-electron chi connectivity index (χ2n) is 5.01. The summed E-state index contributed by atoms with van der Waals surface area (Å²) < 4.78 is 0. The van der Waals surface area contributed by atoms with Crippen LogP contribution in [0.1, 0.15) is 17.3 Å². The Hall–Kier alpha value is -1.87. The summed E-state index contributed by atoms with van der Waals surface area (Å²) in [5.41, 5.74) is 2.03. The molecule has 0 radical (unpaired) electrons. The third kappa shape index (κ3) is 2.34. The van der Waals surface area contributed by atoms with E-state index in [0.717, 1.165) is 31.7 Å². The molecule has 0 unspecified atom stereocenters. The van der Waals surface area contributed by atoms with E-state index in [1.807, 2.05) is 18.2 Å². The Morgan fingerprint density at radius 3 is 2.68 bits per heavy atom. The molecule has 1 N–H and O–H groups in total. The molecule has 19 heavy (non-hydrogen) atoms. The van der Waals surface area contributed by atoms with Crippen LogP contribution in [0.4, 0.5) is 5.69 Å². The predicted octanol–water partition coefficient (Wildman–Crippen LogP) is 2.45. The van der Waals surface area contributed by atoms with Gasteiger partial charge in [0, 0.05) is 42.8 Å². The maximum Gasteiger partial charge on any atom is 0.159 e. The minimum absolute atomic E-state index is 0.122. The van der Waals surface area contributed by atoms with Crippen molar-refractivity contribution in [2.75, 3.05) is 31.1 Å². The molecule has 1 saturated heterocycles. The Morgan fingerprint density at radius 1 is 1.16 bits per heavy atom. The van der Waals surface area contributed by atoms with Crippen LogP contribution in [-0.4, -0.2) is 32.0 Å². The number of fused-ring (bicyclic) bond motifs is 1. The molecule has 0 atom stereocenters. The van der Waals surface area contributed by atoms with E-state index >= 15 is 0 Å². The number of carbonyl (C=O) groups is 1. The highest BCUT2D eigenvalue weighted by molar-refractivity contribution is 6.02. The maximum absolute atomic E-state index is 11.6. The molecular formula is C16H18N2O. The monoisotopic (exact) mass is 254 g/mol. The minimum atomic E-state index is 0.122. The first-order chi connectivity index (χ1) is 9.25. The number of hydrogen-bond acceptors (Lipinski definition) is 3. The number of carbonyl (C=O) groups excluding carboxylic acids is 1. The Balaban J connectivity index is 2.11. The third-order valence-corrected chi connectivity index (χ3v) is 3.72. The topological polar surface area (TPSA) is 32.3 Å². The molecule has 98 valence electrons. The maximum atomic E-state index is 11.6. The van der Waals surface area contributed by atoms with Crippen LogP contribution < -0.4 is 10.2 Å². The van der Waals surface area contributed by atoms with Gasteiger partial charge in [-0.05, 0) is 24.4 Å². The molecule has 3 heteroatoms. The standard InChI is InChI=1S/C16H18N2O/c1-12(19)14-6-5-13-3-2-4-16(15(13)11-14)18-9-7-17-8-10-18/h2-6,11,17H,7-10H2,1H3. The summed E-state index contributed by atoms with van der Waals surface area (Å²) in [5.74, 6) is 0.122. The fourth-order valence-corrected chi connectivity index (χ4v) is 2.66. The van der Waals surface area contributed by atoms with Gasteiger partial charge in [0.2, 0.25) is 0 Å². The molecule has 3 rings (SSSR count). The zero-order valence-electron chi connectivity index (χ0n) is 11.1. The molecule has 0 aliphatic carbocycles. The van der Waals surface area contributed by atoms with Crippen molar-refractivity contribution in [3.63, 3.8) is 0 Å². The molecule has 3 nitrogen and oxygen atoms in total. The van der Waals surface area contributed by atoms with Crippen LogP contribution in [0, 0.1) is 0 Å². The second kappa shape index (κ2) is 5.02. The van der Waals surface area contributed by atoms with Gasteiger partial charge in [0.1, 0.15) is 0 Å². The minimum Gasteiger partial charge on any atom is -0.368 e. The molecule has 1 heterocycles. The number of ketones is 1. The molecule has 1 aliphatic rings. The van der Waals surface area contributed by atoms with Crippen LogP contribution in [0.15, 0.2) is 36.4 Å². The van der Waals surface area contributed by atoms with Gasteiger partial charge in [-0.1, -0.05) is 24.3 Å². The van der Waals surface area contributed by atoms with E-state index in [-0.39, 0.29) is 5.78 Å². The van der Waals surface area contributed by atoms with E-state index in [0.29, 0.717) is 0 Å². The van der Waals surface area contributed by atoms with E-state index in [1.54, 1.807) is 6.92 Å². The number of nitrogens with one attached hydrogen (secondary N) is 1. The van der Waals surface area contributed by atoms with E-state index < -0.39 is 0 Å². The highest BCUT2D eigenvalue weighted by Crippen LogP contribution is 2.28. The lowest BCUT2D eigenvalue weighted by molar-refractivity contribution is 0.101. The fraction of sp³-hybridized carbons (Fsp3) is 0.312. The smallest absolute Gasteiger partial charge is 0.159 e. The van der Waals surface area contributed by atoms with Gasteiger partial charge in [0.25, 0.3) is 0 Å². The summed E-state index contributed by atoms with van der Waals surface area (Å²) in [7, 11) is 0. The van der Waals surface area contributed by atoms with Crippen molar-refractivity contribution >= 4 is 22.2 Å². The number of Topliss-reactive ketones (excluding diaryl/α,β-unsaturated/α-hetero) is 1. The summed E-state index contributed by atoms with van der Waals surface area (Å²) in [4.78, 5) is 13.9. The van der Waals surface area contributed by atoms with Crippen LogP contribution in [0.2, 0.25) is 0 Å². The lowest BCUT2D eigenvalue weighted by Crippen LogP contribution is -2.43. The first-order valence-corrected chi connectivity index (χ1v) is 6.75. The number of anilines is 1. The molecule has 1 aliphatic heterocycles. The normalized spacial score (nSPS) is 15.7. The van der Waals surface area contributed by atoms with E-state index in [1.165, 1.54) is 16.5 Å². The zero-order valence-corrected chi connectivity index (χ0v) is 11.1. The van der Waals surface area contributed by atoms with Gasteiger partial charge in [0.05, 0.1) is 0 Å². The summed E-state index contributed by atoms with van der Waals surface area (Å²) >= 11 is 0. The molecule has 0 spiro atoms. The fourth-order valence-electron chi connectivity index (χ4n) is 2.66. The molecule has 2 aromatic rings. The zero-order chi connectivity index (χ0) is 13.2. The first kappa shape index (κ1) is 12.2. The molecule has 0 saturated carbocycles. The number of benzene rings is 2. The molecule has 0 bridgehead atoms. The van der Waals surface area contributed by atoms with Crippen molar-refractivity contribution in [3.05, 3.63) is 42.0 Å². The second-order valence-corrected chi connectivity index (χ2v) is 5.01. The van der Waals surface area contributed by atoms with Gasteiger partial charge in [-0.15, -0.1) is 0 Å². The SMILES string of the molecule is CC(=O)c1ccc2cccc(N3CCNCC3)c2c1. The highest BCUT2D eigenvalue weighted by atomic mass is 16.1. The Kier molecular flexibility index (Phi) is 3.22. The Bertz CT molecular complexity index is 615. The number of hydrogen-bond donors (Lipinski definition) is 1. The van der Waals surface area contributed by atoms with E-state index in [9.17, 15) is 4.79 Å². The summed E-state index contributed by atoms with van der Waals surface area (Å²) in [5, 5.41) is 5.74. The predicted molar refractivity (Wildman–Crippen MR) is 79.0 cm³/mol. The van der Waals surface area contributed by atoms with E-state index in [2.05, 4.69) is 28.4 Å². The number of nitrogens with zero attached hydrogens (tertiary/aromatic N) is 1. The van der Waals surface area contributed by atoms with Crippen molar-refractivity contribution in [2.45, 2.75) is 6.92 Å². The quantitative estimate of drug-likeness (QED) is 0.836. The molecular weight excluding hydrogens is 236 g/mol. The number of piperazine rings is 1. The van der Waals surface area contributed by atoms with Gasteiger partial charge in [0.15, 0.2) is 5.78 Å². The largest absolute Gasteiger partial charge is 0.368 e. The van der Waals surface area contributed by atoms with Gasteiger partial charge in [-0.25, -0.2) is 0 Å².